The number of carbonyl (C=O) groups excluding carboxylic acids is 1. The summed E-state index contributed by atoms with van der Waals surface area (Å²) in [4.78, 5) is 12.2. The molecule has 192 valence electrons. The van der Waals surface area contributed by atoms with Crippen LogP contribution in [0.5, 0.6) is 0 Å². The Bertz CT molecular complexity index is 538. The van der Waals surface area contributed by atoms with Crippen LogP contribution in [0.15, 0.2) is 0 Å². The van der Waals surface area contributed by atoms with Crippen LogP contribution in [-0.2, 0) is 14.9 Å². The van der Waals surface area contributed by atoms with E-state index >= 15 is 0 Å². The molecule has 3 N–H and O–H groups in total. The molecule has 0 aromatic heterocycles. The Morgan fingerprint density at radius 3 is 1.56 bits per heavy atom. The number of amides is 1. The van der Waals surface area contributed by atoms with Gasteiger partial charge in [-0.05, 0) is 12.8 Å². The van der Waals surface area contributed by atoms with Crippen LogP contribution in [0.25, 0.3) is 0 Å². The van der Waals surface area contributed by atoms with E-state index < -0.39 is 28.0 Å². The van der Waals surface area contributed by atoms with Crippen LogP contribution in [0.3, 0.4) is 0 Å². The normalized spacial score (nSPS) is 13.8. The molecular weight excluding hydrogens is 426 g/mol. The summed E-state index contributed by atoms with van der Waals surface area (Å²) >= 11 is 0. The number of carbonyl (C=O) groups is 1. The van der Waals surface area contributed by atoms with Crippen LogP contribution in [0.2, 0.25) is 0 Å². The fourth-order valence-electron chi connectivity index (χ4n) is 4.04. The Kier molecular flexibility index (Phi) is 20.5. The average molecular weight is 478 g/mol. The quantitative estimate of drug-likeness (QED) is 0.121. The van der Waals surface area contributed by atoms with Gasteiger partial charge in [0.25, 0.3) is 10.1 Å². The van der Waals surface area contributed by atoms with Gasteiger partial charge in [0.2, 0.25) is 5.91 Å². The second-order valence-electron chi connectivity index (χ2n) is 9.33. The Morgan fingerprint density at radius 2 is 1.12 bits per heavy atom. The first-order chi connectivity index (χ1) is 15.3. The van der Waals surface area contributed by atoms with Gasteiger partial charge in [0.05, 0.1) is 17.9 Å². The highest BCUT2D eigenvalue weighted by Gasteiger charge is 2.25. The molecule has 0 aliphatic carbocycles. The number of hydrogen-bond donors (Lipinski definition) is 3. The molecule has 0 rings (SSSR count). The predicted octanol–water partition coefficient (Wildman–Crippen LogP) is 6.17. The van der Waals surface area contributed by atoms with E-state index in [0.29, 0.717) is 12.8 Å². The minimum Gasteiger partial charge on any atom is -0.391 e. The van der Waals surface area contributed by atoms with Crippen LogP contribution in [0, 0.1) is 0 Å². The Balaban J connectivity index is 4.10. The number of nitrogens with one attached hydrogen (secondary N) is 1. The Morgan fingerprint density at radius 1 is 0.719 bits per heavy atom. The lowest BCUT2D eigenvalue weighted by atomic mass is 10.0. The molecule has 0 fully saturated rings. The van der Waals surface area contributed by atoms with Crippen molar-refractivity contribution in [3.63, 3.8) is 0 Å². The van der Waals surface area contributed by atoms with E-state index in [4.69, 9.17) is 0 Å². The molecule has 0 saturated heterocycles. The van der Waals surface area contributed by atoms with Crippen molar-refractivity contribution in [3.8, 4) is 0 Å². The van der Waals surface area contributed by atoms with Crippen LogP contribution >= 0.6 is 0 Å². The summed E-state index contributed by atoms with van der Waals surface area (Å²) in [5.41, 5.74) is 0. The molecule has 0 aliphatic heterocycles. The van der Waals surface area contributed by atoms with Crippen molar-refractivity contribution in [1.82, 2.24) is 5.32 Å². The molecule has 0 aromatic carbocycles. The highest BCUT2D eigenvalue weighted by atomic mass is 32.2. The van der Waals surface area contributed by atoms with E-state index in [1.165, 1.54) is 70.6 Å². The molecule has 6 nitrogen and oxygen atoms in total. The molecule has 2 atom stereocenters. The van der Waals surface area contributed by atoms with Crippen molar-refractivity contribution in [1.29, 1.82) is 0 Å². The first-order valence-corrected chi connectivity index (χ1v) is 14.8. The third-order valence-electron chi connectivity index (χ3n) is 6.06. The average Bonchev–Trinajstić information content (AvgIpc) is 2.72. The summed E-state index contributed by atoms with van der Waals surface area (Å²) in [6.07, 6.45) is 19.3. The number of unbranched alkanes of at least 4 members (excludes halogenated alkanes) is 15. The van der Waals surface area contributed by atoms with Gasteiger partial charge in [0, 0.05) is 6.42 Å². The van der Waals surface area contributed by atoms with Gasteiger partial charge in [-0.1, -0.05) is 117 Å². The molecule has 0 radical (unpaired) electrons. The number of aliphatic hydroxyl groups excluding tert-OH is 1. The van der Waals surface area contributed by atoms with Gasteiger partial charge in [-0.2, -0.15) is 8.42 Å². The highest BCUT2D eigenvalue weighted by molar-refractivity contribution is 7.85. The molecule has 0 saturated carbocycles. The van der Waals surface area contributed by atoms with Gasteiger partial charge in [0.15, 0.2) is 0 Å². The molecule has 32 heavy (non-hydrogen) atoms. The summed E-state index contributed by atoms with van der Waals surface area (Å²) in [7, 11) is -4.28. The van der Waals surface area contributed by atoms with Gasteiger partial charge in [0.1, 0.15) is 0 Å². The minimum atomic E-state index is -4.28. The minimum absolute atomic E-state index is 0.255. The van der Waals surface area contributed by atoms with E-state index in [2.05, 4.69) is 19.2 Å². The molecule has 2 unspecified atom stereocenters. The largest absolute Gasteiger partial charge is 0.391 e. The van der Waals surface area contributed by atoms with Crippen molar-refractivity contribution in [2.45, 2.75) is 148 Å². The summed E-state index contributed by atoms with van der Waals surface area (Å²) in [6, 6.07) is -0.958. The van der Waals surface area contributed by atoms with Gasteiger partial charge >= 0.3 is 0 Å². The maximum Gasteiger partial charge on any atom is 0.266 e. The van der Waals surface area contributed by atoms with E-state index in [9.17, 15) is 22.9 Å². The lowest BCUT2D eigenvalue weighted by molar-refractivity contribution is -0.122. The standard InChI is InChI=1S/C25H51NO5S/c1-3-5-7-9-11-12-13-15-16-18-20-24(27)23(22-32(29,30)31)26-25(28)21-19-17-14-10-8-6-4-2/h23-24,27H,3-22H2,1-2H3,(H,26,28)(H,29,30,31). The molecule has 0 bridgehead atoms. The third-order valence-corrected chi connectivity index (χ3v) is 6.84. The Labute approximate surface area is 198 Å². The molecule has 1 amide bonds. The monoisotopic (exact) mass is 477 g/mol. The highest BCUT2D eigenvalue weighted by Crippen LogP contribution is 2.14. The maximum atomic E-state index is 12.2. The summed E-state index contributed by atoms with van der Waals surface area (Å²) in [5.74, 6) is -0.899. The summed E-state index contributed by atoms with van der Waals surface area (Å²) < 4.78 is 31.9. The first-order valence-electron chi connectivity index (χ1n) is 13.2. The SMILES string of the molecule is CCCCCCCCCCCCC(O)C(CS(=O)(=O)O)NC(=O)CCCCCCCCC. The van der Waals surface area contributed by atoms with Crippen molar-refractivity contribution in [3.05, 3.63) is 0 Å². The Hall–Kier alpha value is -0.660. The topological polar surface area (TPSA) is 104 Å². The van der Waals surface area contributed by atoms with Gasteiger partial charge < -0.3 is 10.4 Å². The van der Waals surface area contributed by atoms with Gasteiger partial charge in [-0.15, -0.1) is 0 Å². The van der Waals surface area contributed by atoms with E-state index in [1.54, 1.807) is 0 Å². The van der Waals surface area contributed by atoms with Crippen LogP contribution < -0.4 is 5.32 Å². The van der Waals surface area contributed by atoms with Crippen molar-refractivity contribution in [2.75, 3.05) is 5.75 Å². The van der Waals surface area contributed by atoms with Crippen molar-refractivity contribution in [2.24, 2.45) is 0 Å². The second-order valence-corrected chi connectivity index (χ2v) is 10.8. The predicted molar refractivity (Wildman–Crippen MR) is 133 cm³/mol. The molecule has 0 aliphatic rings. The van der Waals surface area contributed by atoms with Crippen LogP contribution in [-0.4, -0.2) is 41.9 Å². The lowest BCUT2D eigenvalue weighted by Crippen LogP contribution is -2.47. The van der Waals surface area contributed by atoms with Gasteiger partial charge in [-0.25, -0.2) is 0 Å². The van der Waals surface area contributed by atoms with E-state index in [1.807, 2.05) is 0 Å². The molecule has 0 aromatic rings. The molecular formula is C25H51NO5S. The van der Waals surface area contributed by atoms with Crippen LogP contribution in [0.4, 0.5) is 0 Å². The fourth-order valence-corrected chi connectivity index (χ4v) is 4.80. The number of rotatable bonds is 23. The lowest BCUT2D eigenvalue weighted by Gasteiger charge is -2.23. The van der Waals surface area contributed by atoms with Crippen molar-refractivity contribution < 1.29 is 22.9 Å². The molecule has 0 spiro atoms. The summed E-state index contributed by atoms with van der Waals surface area (Å²) in [5, 5.41) is 13.1. The third kappa shape index (κ3) is 21.2. The smallest absolute Gasteiger partial charge is 0.266 e. The van der Waals surface area contributed by atoms with E-state index in [0.717, 1.165) is 38.5 Å². The number of aliphatic hydroxyl groups is 1. The zero-order valence-corrected chi connectivity index (χ0v) is 21.6. The zero-order valence-electron chi connectivity index (χ0n) is 20.8. The van der Waals surface area contributed by atoms with Gasteiger partial charge in [-0.3, -0.25) is 9.35 Å². The van der Waals surface area contributed by atoms with Crippen molar-refractivity contribution >= 4 is 16.0 Å². The zero-order chi connectivity index (χ0) is 24.1. The first kappa shape index (κ1) is 31.3. The second kappa shape index (κ2) is 20.9. The number of hydrogen-bond acceptors (Lipinski definition) is 4. The van der Waals surface area contributed by atoms with Crippen LogP contribution in [0.1, 0.15) is 136 Å². The molecule has 0 heterocycles. The molecule has 7 heteroatoms. The maximum absolute atomic E-state index is 12.2. The van der Waals surface area contributed by atoms with E-state index in [-0.39, 0.29) is 5.91 Å². The summed E-state index contributed by atoms with van der Waals surface area (Å²) in [6.45, 7) is 4.40. The fraction of sp³-hybridized carbons (Fsp3) is 0.960.